The summed E-state index contributed by atoms with van der Waals surface area (Å²) in [6.45, 7) is 7.94. The van der Waals surface area contributed by atoms with E-state index in [9.17, 15) is 19.3 Å². The smallest absolute Gasteiger partial charge is 0.189 e. The zero-order chi connectivity index (χ0) is 54.4. The Kier molecular flexibility index (Phi) is 23.6. The van der Waals surface area contributed by atoms with Gasteiger partial charge < -0.3 is 40.6 Å². The fraction of sp³-hybridized carbons (Fsp3) is 0.283. The number of hydrogen-bond donors (Lipinski definition) is 4. The van der Waals surface area contributed by atoms with Crippen molar-refractivity contribution in [3.05, 3.63) is 141 Å². The van der Waals surface area contributed by atoms with E-state index in [0.29, 0.717) is 68.2 Å². The molecule has 4 aromatic heterocycles. The van der Waals surface area contributed by atoms with Gasteiger partial charge in [0.1, 0.15) is 28.5 Å². The van der Waals surface area contributed by atoms with Gasteiger partial charge in [0, 0.05) is 103 Å². The summed E-state index contributed by atoms with van der Waals surface area (Å²) in [6.07, 6.45) is 4.86. The van der Waals surface area contributed by atoms with E-state index in [4.69, 9.17) is 47.9 Å². The van der Waals surface area contributed by atoms with Crippen LogP contribution in [0.3, 0.4) is 0 Å². The van der Waals surface area contributed by atoms with Crippen molar-refractivity contribution in [2.24, 2.45) is 0 Å². The van der Waals surface area contributed by atoms with Gasteiger partial charge in [-0.1, -0.05) is 70.6 Å². The molecule has 0 saturated heterocycles. The minimum Gasteiger partial charge on any atom is -0.399 e. The first kappa shape index (κ1) is 58.9. The maximum Gasteiger partial charge on any atom is 0.189 e. The lowest BCUT2D eigenvalue weighted by Gasteiger charge is -2.21. The highest BCUT2D eigenvalue weighted by molar-refractivity contribution is 8.00. The van der Waals surface area contributed by atoms with E-state index in [2.05, 4.69) is 82.1 Å². The lowest BCUT2D eigenvalue weighted by Crippen LogP contribution is -2.30. The second kappa shape index (κ2) is 30.4. The van der Waals surface area contributed by atoms with Crippen LogP contribution in [-0.4, -0.2) is 117 Å². The first-order valence-corrected chi connectivity index (χ1v) is 27.0. The summed E-state index contributed by atoms with van der Waals surface area (Å²) in [5.41, 5.74) is 13.9. The fourth-order valence-corrected chi connectivity index (χ4v) is 9.93. The van der Waals surface area contributed by atoms with Crippen LogP contribution in [0.25, 0.3) is 20.7 Å². The van der Waals surface area contributed by atoms with Crippen LogP contribution in [0.5, 0.6) is 0 Å². The van der Waals surface area contributed by atoms with Gasteiger partial charge in [-0.15, -0.1) is 11.3 Å². The van der Waals surface area contributed by atoms with Gasteiger partial charge in [0.2, 0.25) is 0 Å². The molecule has 0 spiro atoms. The molecule has 8 rings (SSSR count). The van der Waals surface area contributed by atoms with Crippen molar-refractivity contribution < 1.29 is 27.7 Å². The van der Waals surface area contributed by atoms with Crippen molar-refractivity contribution in [1.29, 1.82) is 10.5 Å². The molecule has 0 aliphatic rings. The van der Waals surface area contributed by atoms with E-state index in [0.717, 1.165) is 72.9 Å². The molecule has 8 aromatic rings. The van der Waals surface area contributed by atoms with E-state index >= 15 is 0 Å². The van der Waals surface area contributed by atoms with E-state index in [1.165, 1.54) is 82.2 Å². The van der Waals surface area contributed by atoms with Gasteiger partial charge in [-0.3, -0.25) is 9.80 Å². The summed E-state index contributed by atoms with van der Waals surface area (Å²) < 4.78 is 49.8. The zero-order valence-electron chi connectivity index (χ0n) is 42.3. The number of rotatable bonds is 23. The highest BCUT2D eigenvalue weighted by atomic mass is 35.5. The Morgan fingerprint density at radius 3 is 1.45 bits per heavy atom. The molecule has 23 heteroatoms. The van der Waals surface area contributed by atoms with Crippen LogP contribution in [0.15, 0.2) is 102 Å². The summed E-state index contributed by atoms with van der Waals surface area (Å²) >= 11 is 16.0. The molecule has 0 unspecified atom stereocenters. The summed E-state index contributed by atoms with van der Waals surface area (Å²) in [6, 6.07) is 29.0. The predicted octanol–water partition coefficient (Wildman–Crippen LogP) is 12.1. The molecule has 0 bridgehead atoms. The van der Waals surface area contributed by atoms with Crippen LogP contribution < -0.4 is 21.7 Å². The number of fused-ring (bicyclic) bond motifs is 2. The number of pyridine rings is 2. The molecule has 5 N–H and O–H groups in total. The number of benzene rings is 4. The normalized spacial score (nSPS) is 11.0. The van der Waals surface area contributed by atoms with Crippen molar-refractivity contribution in [1.82, 2.24) is 29.7 Å². The molecule has 0 amide bonds. The largest absolute Gasteiger partial charge is 0.399 e. The molecule has 0 atom stereocenters. The van der Waals surface area contributed by atoms with Crippen molar-refractivity contribution >= 4 is 118 Å². The van der Waals surface area contributed by atoms with E-state index < -0.39 is 11.6 Å². The number of aromatic nitrogens is 4. The first-order chi connectivity index (χ1) is 36.9. The Morgan fingerprint density at radius 1 is 0.605 bits per heavy atom. The number of nitrogens with zero attached hydrogens (tertiary/aromatic N) is 8. The van der Waals surface area contributed by atoms with E-state index in [1.54, 1.807) is 40.6 Å². The molecule has 0 fully saturated rings. The number of ether oxygens (including phenoxy) is 4. The van der Waals surface area contributed by atoms with Crippen molar-refractivity contribution in [2.75, 3.05) is 109 Å². The number of nitrogen functional groups attached to an aromatic ring is 1. The number of methoxy groups -OCH3 is 4. The van der Waals surface area contributed by atoms with Crippen LogP contribution in [0, 0.1) is 34.3 Å². The maximum absolute atomic E-state index is 13.6. The van der Waals surface area contributed by atoms with Gasteiger partial charge >= 0.3 is 0 Å². The molecule has 0 radical (unpaired) electrons. The molecule has 0 aliphatic carbocycles. The monoisotopic (exact) mass is 1130 g/mol. The summed E-state index contributed by atoms with van der Waals surface area (Å²) in [4.78, 5) is 22.1. The molecule has 16 nitrogen and oxygen atoms in total. The van der Waals surface area contributed by atoms with Crippen LogP contribution in [0.4, 0.5) is 48.0 Å². The average Bonchev–Trinajstić information content (AvgIpc) is 4.06. The minimum absolute atomic E-state index is 0.00979. The van der Waals surface area contributed by atoms with Gasteiger partial charge in [0.25, 0.3) is 0 Å². The number of hydrogen-bond acceptors (Lipinski definition) is 19. The molecular weight excluding hydrogens is 1070 g/mol. The summed E-state index contributed by atoms with van der Waals surface area (Å²) in [5.74, 6) is -1.00. The predicted molar refractivity (Wildman–Crippen MR) is 304 cm³/mol. The van der Waals surface area contributed by atoms with Gasteiger partial charge in [0.15, 0.2) is 20.8 Å². The highest BCUT2D eigenvalue weighted by Gasteiger charge is 2.17. The third-order valence-electron chi connectivity index (χ3n) is 11.1. The SMILES string of the molecule is COCCN(CCOC)Cc1ccc(N)cc1.COCCN(CCOC)Cc1ccc(Nc2nc3ncc(C#N)c(Nc4ccc(F)c(Cl)c4)c3s2)cc1.CSc1nc2ncc(C#N)c(Nc3ccc(F)c(Cl)c3)c2s1. The Labute approximate surface area is 462 Å². The third kappa shape index (κ3) is 17.4. The second-order valence-electron chi connectivity index (χ2n) is 16.4. The summed E-state index contributed by atoms with van der Waals surface area (Å²) in [7, 11) is 6.84. The number of thioether (sulfide) groups is 1. The third-order valence-corrected chi connectivity index (χ3v) is 14.7. The molecule has 4 aromatic carbocycles. The average molecular weight is 1130 g/mol. The van der Waals surface area contributed by atoms with Crippen molar-refractivity contribution in [2.45, 2.75) is 17.4 Å². The number of halogens is 4. The van der Waals surface area contributed by atoms with E-state index in [-0.39, 0.29) is 10.0 Å². The molecule has 0 saturated carbocycles. The zero-order valence-corrected chi connectivity index (χ0v) is 46.3. The Morgan fingerprint density at radius 2 is 1.03 bits per heavy atom. The molecule has 76 heavy (non-hydrogen) atoms. The lowest BCUT2D eigenvalue weighted by molar-refractivity contribution is 0.110. The molecule has 0 aliphatic heterocycles. The fourth-order valence-electron chi connectivity index (χ4n) is 7.10. The van der Waals surface area contributed by atoms with Crippen LogP contribution in [0.2, 0.25) is 10.0 Å². The Bertz CT molecular complexity index is 3200. The van der Waals surface area contributed by atoms with Crippen molar-refractivity contribution in [3.8, 4) is 12.1 Å². The maximum atomic E-state index is 13.6. The van der Waals surface area contributed by atoms with Gasteiger partial charge in [-0.25, -0.2) is 23.7 Å². The number of thiazole rings is 2. The van der Waals surface area contributed by atoms with Gasteiger partial charge in [-0.2, -0.15) is 15.5 Å². The van der Waals surface area contributed by atoms with Crippen LogP contribution in [0.1, 0.15) is 22.3 Å². The topological polar surface area (TPSA) is 205 Å². The quantitative estimate of drug-likeness (QED) is 0.0347. The second-order valence-corrected chi connectivity index (χ2v) is 20.3. The summed E-state index contributed by atoms with van der Waals surface area (Å²) in [5, 5.41) is 29.1. The number of nitrogens with two attached hydrogens (primary N) is 1. The van der Waals surface area contributed by atoms with Crippen LogP contribution >= 0.6 is 57.6 Å². The molecule has 398 valence electrons. The standard InChI is InChI=1S/C26H26ClFN6O2S.C14H8ClFN4S2.C13H22N2O2/c1-35-11-9-34(10-12-36-2)16-17-3-5-19(6-4-17)32-26-33-25-24(37-26)23(18(14-29)15-30-25)31-20-7-8-22(28)21(27)13-20;1-21-14-20-13-12(22-14)11(7(5-17)6-18-13)19-8-2-3-10(16)9(15)4-8;1-16-9-7-15(8-10-17-2)11-12-3-5-13(14)6-4-12/h3-8,13,15H,9-12,16H2,1-2H3,(H2,30,31,32,33);2-4,6H,1H3,(H,18,19);3-6H,7-11,14H2,1-2H3. The molecular formula is C53H56Cl2F2N12O4S3. The van der Waals surface area contributed by atoms with Gasteiger partial charge in [0.05, 0.1) is 63.7 Å². The van der Waals surface area contributed by atoms with Crippen LogP contribution in [-0.2, 0) is 32.0 Å². The van der Waals surface area contributed by atoms with Gasteiger partial charge in [-0.05, 0) is 78.0 Å². The van der Waals surface area contributed by atoms with E-state index in [1.807, 2.05) is 30.5 Å². The Balaban J connectivity index is 0.000000203. The van der Waals surface area contributed by atoms with Crippen molar-refractivity contribution in [3.63, 3.8) is 0 Å². The first-order valence-electron chi connectivity index (χ1n) is 23.4. The lowest BCUT2D eigenvalue weighted by atomic mass is 10.2. The number of nitrogens with one attached hydrogen (secondary N) is 3. The number of anilines is 7. The molecule has 4 heterocycles. The Hall–Kier alpha value is -6.31. The number of nitriles is 2. The minimum atomic E-state index is -0.513. The highest BCUT2D eigenvalue weighted by Crippen LogP contribution is 2.38.